The number of hydrogen-bond acceptors (Lipinski definition) is 3. The molecule has 1 heterocycles. The van der Waals surface area contributed by atoms with Gasteiger partial charge in [0.2, 0.25) is 0 Å². The summed E-state index contributed by atoms with van der Waals surface area (Å²) in [5.74, 6) is 1.21. The molecule has 0 aromatic heterocycles. The molecule has 0 bridgehead atoms. The molecule has 0 saturated carbocycles. The van der Waals surface area contributed by atoms with Gasteiger partial charge in [0.1, 0.15) is 17.7 Å². The molecule has 0 radical (unpaired) electrons. The first-order chi connectivity index (χ1) is 9.45. The quantitative estimate of drug-likeness (QED) is 0.865. The maximum atomic E-state index is 13.2. The van der Waals surface area contributed by atoms with E-state index < -0.39 is 0 Å². The molecule has 112 valence electrons. The third kappa shape index (κ3) is 3.93. The Balaban J connectivity index is 1.86. The highest BCUT2D eigenvalue weighted by atomic mass is 19.1. The Labute approximate surface area is 121 Å². The lowest BCUT2D eigenvalue weighted by molar-refractivity contribution is 0.204. The summed E-state index contributed by atoms with van der Waals surface area (Å²) in [5, 5.41) is 3.58. The lowest BCUT2D eigenvalue weighted by atomic mass is 10.0. The summed E-state index contributed by atoms with van der Waals surface area (Å²) in [6.07, 6.45) is 0.891. The van der Waals surface area contributed by atoms with Crippen LogP contribution in [0.3, 0.4) is 0 Å². The van der Waals surface area contributed by atoms with E-state index in [2.05, 4.69) is 38.2 Å². The number of benzene rings is 1. The summed E-state index contributed by atoms with van der Waals surface area (Å²) in [7, 11) is 4.17. The number of rotatable bonds is 6. The van der Waals surface area contributed by atoms with Gasteiger partial charge in [-0.25, -0.2) is 4.39 Å². The summed E-state index contributed by atoms with van der Waals surface area (Å²) >= 11 is 0. The predicted octanol–water partition coefficient (Wildman–Crippen LogP) is 2.31. The molecule has 0 saturated heterocycles. The smallest absolute Gasteiger partial charge is 0.123 e. The summed E-state index contributed by atoms with van der Waals surface area (Å²) < 4.78 is 19.0. The molecule has 1 aromatic carbocycles. The third-order valence-electron chi connectivity index (χ3n) is 3.74. The van der Waals surface area contributed by atoms with Crippen LogP contribution in [0.15, 0.2) is 18.2 Å². The van der Waals surface area contributed by atoms with Gasteiger partial charge in [0.05, 0.1) is 0 Å². The fourth-order valence-corrected chi connectivity index (χ4v) is 2.59. The van der Waals surface area contributed by atoms with Gasteiger partial charge in [-0.1, -0.05) is 13.8 Å². The highest BCUT2D eigenvalue weighted by Crippen LogP contribution is 2.29. The minimum Gasteiger partial charge on any atom is -0.488 e. The first kappa shape index (κ1) is 15.3. The van der Waals surface area contributed by atoms with Crippen LogP contribution < -0.4 is 10.1 Å². The second-order valence-electron chi connectivity index (χ2n) is 6.22. The van der Waals surface area contributed by atoms with Crippen molar-refractivity contribution in [1.29, 1.82) is 0 Å². The van der Waals surface area contributed by atoms with Crippen molar-refractivity contribution in [2.75, 3.05) is 27.2 Å². The number of fused-ring (bicyclic) bond motifs is 1. The van der Waals surface area contributed by atoms with E-state index >= 15 is 0 Å². The molecule has 2 atom stereocenters. The third-order valence-corrected chi connectivity index (χ3v) is 3.74. The van der Waals surface area contributed by atoms with Crippen LogP contribution in [0.4, 0.5) is 4.39 Å². The maximum Gasteiger partial charge on any atom is 0.123 e. The summed E-state index contributed by atoms with van der Waals surface area (Å²) in [4.78, 5) is 2.19. The van der Waals surface area contributed by atoms with Gasteiger partial charge in [-0.15, -0.1) is 0 Å². The lowest BCUT2D eigenvalue weighted by Crippen LogP contribution is -2.45. The van der Waals surface area contributed by atoms with E-state index in [1.54, 1.807) is 12.1 Å². The molecule has 1 aliphatic rings. The van der Waals surface area contributed by atoms with Crippen molar-refractivity contribution < 1.29 is 9.13 Å². The van der Waals surface area contributed by atoms with E-state index in [0.29, 0.717) is 12.0 Å². The fourth-order valence-electron chi connectivity index (χ4n) is 2.59. The second-order valence-corrected chi connectivity index (χ2v) is 6.22. The van der Waals surface area contributed by atoms with Gasteiger partial charge >= 0.3 is 0 Å². The Hall–Kier alpha value is -1.13. The van der Waals surface area contributed by atoms with Gasteiger partial charge in [0, 0.05) is 31.1 Å². The second kappa shape index (κ2) is 6.55. The van der Waals surface area contributed by atoms with Crippen molar-refractivity contribution in [3.63, 3.8) is 0 Å². The van der Waals surface area contributed by atoms with Crippen molar-refractivity contribution in [2.45, 2.75) is 32.4 Å². The Morgan fingerprint density at radius 2 is 2.15 bits per heavy atom. The summed E-state index contributed by atoms with van der Waals surface area (Å²) in [5.41, 5.74) is 0.977. The van der Waals surface area contributed by atoms with Crippen LogP contribution in [0, 0.1) is 11.7 Å². The monoisotopic (exact) mass is 280 g/mol. The zero-order valence-electron chi connectivity index (χ0n) is 12.8. The van der Waals surface area contributed by atoms with Crippen LogP contribution in [0.5, 0.6) is 5.75 Å². The highest BCUT2D eigenvalue weighted by Gasteiger charge is 2.24. The van der Waals surface area contributed by atoms with E-state index in [1.165, 1.54) is 6.07 Å². The van der Waals surface area contributed by atoms with E-state index in [4.69, 9.17) is 4.74 Å². The zero-order chi connectivity index (χ0) is 14.7. The average molecular weight is 280 g/mol. The van der Waals surface area contributed by atoms with Gasteiger partial charge in [0.15, 0.2) is 0 Å². The molecule has 0 spiro atoms. The topological polar surface area (TPSA) is 24.5 Å². The molecule has 0 amide bonds. The van der Waals surface area contributed by atoms with Crippen molar-refractivity contribution in [3.8, 4) is 5.75 Å². The number of nitrogens with one attached hydrogen (secondary N) is 1. The molecule has 1 N–H and O–H groups in total. The number of likely N-dealkylation sites (N-methyl/N-ethyl adjacent to an activating group) is 1. The Morgan fingerprint density at radius 1 is 1.40 bits per heavy atom. The van der Waals surface area contributed by atoms with Crippen molar-refractivity contribution in [2.24, 2.45) is 5.92 Å². The van der Waals surface area contributed by atoms with Gasteiger partial charge in [-0.05, 0) is 38.2 Å². The number of nitrogens with zero attached hydrogens (tertiary/aromatic N) is 1. The van der Waals surface area contributed by atoms with E-state index in [0.717, 1.165) is 30.8 Å². The summed E-state index contributed by atoms with van der Waals surface area (Å²) in [6.45, 7) is 6.25. The number of halogens is 1. The lowest BCUT2D eigenvalue weighted by Gasteiger charge is -2.27. The van der Waals surface area contributed by atoms with Gasteiger partial charge in [-0.3, -0.25) is 0 Å². The maximum absolute atomic E-state index is 13.2. The molecule has 2 rings (SSSR count). The first-order valence-corrected chi connectivity index (χ1v) is 7.29. The van der Waals surface area contributed by atoms with Gasteiger partial charge in [0.25, 0.3) is 0 Å². The minimum atomic E-state index is -0.186. The molecule has 1 aliphatic heterocycles. The molecule has 0 aliphatic carbocycles. The van der Waals surface area contributed by atoms with E-state index in [1.807, 2.05) is 0 Å². The SMILES string of the molecule is CC(C)C(CN(C)C)NCC1Cc2cc(F)ccc2O1. The van der Waals surface area contributed by atoms with Crippen LogP contribution in [0.1, 0.15) is 19.4 Å². The molecular weight excluding hydrogens is 255 g/mol. The minimum absolute atomic E-state index is 0.107. The normalized spacial score (nSPS) is 19.2. The molecule has 20 heavy (non-hydrogen) atoms. The van der Waals surface area contributed by atoms with Crippen LogP contribution in [-0.4, -0.2) is 44.2 Å². The zero-order valence-corrected chi connectivity index (χ0v) is 12.8. The molecular formula is C16H25FN2O. The molecule has 0 fully saturated rings. The Morgan fingerprint density at radius 3 is 2.80 bits per heavy atom. The standard InChI is InChI=1S/C16H25FN2O/c1-11(2)15(10-19(3)4)18-9-14-8-12-7-13(17)5-6-16(12)20-14/h5-7,11,14-15,18H,8-10H2,1-4H3. The number of ether oxygens (including phenoxy) is 1. The molecule has 3 nitrogen and oxygen atoms in total. The fraction of sp³-hybridized carbons (Fsp3) is 0.625. The molecule has 2 unspecified atom stereocenters. The van der Waals surface area contributed by atoms with Crippen molar-refractivity contribution in [3.05, 3.63) is 29.6 Å². The van der Waals surface area contributed by atoms with E-state index in [-0.39, 0.29) is 11.9 Å². The predicted molar refractivity (Wildman–Crippen MR) is 79.7 cm³/mol. The van der Waals surface area contributed by atoms with Crippen LogP contribution in [-0.2, 0) is 6.42 Å². The number of hydrogen-bond donors (Lipinski definition) is 1. The first-order valence-electron chi connectivity index (χ1n) is 7.29. The Bertz CT molecular complexity index is 448. The average Bonchev–Trinajstić information content (AvgIpc) is 2.75. The van der Waals surface area contributed by atoms with Crippen LogP contribution in [0.25, 0.3) is 0 Å². The molecule has 1 aromatic rings. The van der Waals surface area contributed by atoms with E-state index in [9.17, 15) is 4.39 Å². The van der Waals surface area contributed by atoms with Crippen molar-refractivity contribution >= 4 is 0 Å². The summed E-state index contributed by atoms with van der Waals surface area (Å²) in [6, 6.07) is 5.20. The Kier molecular flexibility index (Phi) is 5.00. The van der Waals surface area contributed by atoms with Crippen LogP contribution in [0.2, 0.25) is 0 Å². The van der Waals surface area contributed by atoms with Crippen LogP contribution >= 0.6 is 0 Å². The van der Waals surface area contributed by atoms with Crippen molar-refractivity contribution in [1.82, 2.24) is 10.2 Å². The van der Waals surface area contributed by atoms with Gasteiger partial charge < -0.3 is 15.0 Å². The largest absolute Gasteiger partial charge is 0.488 e. The van der Waals surface area contributed by atoms with Gasteiger partial charge in [-0.2, -0.15) is 0 Å². The highest BCUT2D eigenvalue weighted by molar-refractivity contribution is 5.37. The molecule has 4 heteroatoms.